The van der Waals surface area contributed by atoms with Crippen LogP contribution in [0.25, 0.3) is 0 Å². The quantitative estimate of drug-likeness (QED) is 0.336. The molecule has 7 heteroatoms. The van der Waals surface area contributed by atoms with Crippen molar-refractivity contribution in [3.63, 3.8) is 0 Å². The summed E-state index contributed by atoms with van der Waals surface area (Å²) in [7, 11) is 0. The molecule has 4 atom stereocenters. The summed E-state index contributed by atoms with van der Waals surface area (Å²) in [6.45, 7) is 19.7. The summed E-state index contributed by atoms with van der Waals surface area (Å²) in [6, 6.07) is 12.5. The van der Waals surface area contributed by atoms with Gasteiger partial charge in [0.05, 0.1) is 18.6 Å². The molecule has 7 nitrogen and oxygen atoms in total. The highest BCUT2D eigenvalue weighted by molar-refractivity contribution is 5.80. The van der Waals surface area contributed by atoms with Crippen molar-refractivity contribution in [2.24, 2.45) is 28.5 Å². The van der Waals surface area contributed by atoms with E-state index >= 15 is 0 Å². The van der Waals surface area contributed by atoms with Crippen LogP contribution in [0.2, 0.25) is 0 Å². The molecule has 0 bridgehead atoms. The first-order valence-corrected chi connectivity index (χ1v) is 16.1. The van der Waals surface area contributed by atoms with Crippen LogP contribution in [0.4, 0.5) is 0 Å². The van der Waals surface area contributed by atoms with Crippen LogP contribution in [0.5, 0.6) is 0 Å². The Bertz CT molecular complexity index is 959. The van der Waals surface area contributed by atoms with Crippen LogP contribution < -0.4 is 5.73 Å². The predicted molar refractivity (Wildman–Crippen MR) is 169 cm³/mol. The van der Waals surface area contributed by atoms with Crippen LogP contribution in [0.15, 0.2) is 35.3 Å². The molecule has 0 aliphatic carbocycles. The zero-order valence-electron chi connectivity index (χ0n) is 26.2. The van der Waals surface area contributed by atoms with Gasteiger partial charge < -0.3 is 20.4 Å². The van der Waals surface area contributed by atoms with Gasteiger partial charge in [-0.2, -0.15) is 0 Å². The van der Waals surface area contributed by atoms with Crippen LogP contribution >= 0.6 is 0 Å². The van der Waals surface area contributed by atoms with Crippen molar-refractivity contribution in [1.82, 2.24) is 19.6 Å². The minimum absolute atomic E-state index is 0.280. The number of nitrogens with one attached hydrogen (secondary N) is 1. The molecule has 3 heterocycles. The molecule has 1 aromatic rings. The molecule has 0 radical (unpaired) electrons. The van der Waals surface area contributed by atoms with Crippen molar-refractivity contribution < 1.29 is 0 Å². The van der Waals surface area contributed by atoms with Crippen LogP contribution in [-0.2, 0) is 6.42 Å². The van der Waals surface area contributed by atoms with E-state index in [1.165, 1.54) is 24.8 Å². The second-order valence-electron chi connectivity index (χ2n) is 13.8. The Hall–Kier alpha value is -2.28. The second kappa shape index (κ2) is 14.1. The summed E-state index contributed by atoms with van der Waals surface area (Å²) in [4.78, 5) is 14.6. The lowest BCUT2D eigenvalue weighted by atomic mass is 10.0. The lowest BCUT2D eigenvalue weighted by Gasteiger charge is -2.37. The van der Waals surface area contributed by atoms with Crippen molar-refractivity contribution >= 4 is 11.9 Å². The molecule has 0 amide bonds. The first-order valence-electron chi connectivity index (χ1n) is 16.1. The van der Waals surface area contributed by atoms with Gasteiger partial charge in [0.1, 0.15) is 0 Å². The van der Waals surface area contributed by atoms with E-state index in [0.717, 1.165) is 70.5 Å². The van der Waals surface area contributed by atoms with Crippen LogP contribution in [0.1, 0.15) is 79.2 Å². The van der Waals surface area contributed by atoms with E-state index in [2.05, 4.69) is 96.5 Å². The van der Waals surface area contributed by atoms with Crippen molar-refractivity contribution in [3.8, 4) is 0 Å². The van der Waals surface area contributed by atoms with Crippen LogP contribution in [0.3, 0.4) is 0 Å². The molecule has 1 aromatic carbocycles. The first kappa shape index (κ1) is 30.7. The summed E-state index contributed by atoms with van der Waals surface area (Å²) in [5, 5.41) is 9.39. The topological polar surface area (TPSA) is 75.2 Å². The fraction of sp³-hybridized carbons (Fsp3) is 0.758. The van der Waals surface area contributed by atoms with Crippen LogP contribution in [-0.4, -0.2) is 95.0 Å². The average Bonchev–Trinajstić information content (AvgIpc) is 3.58. The molecule has 40 heavy (non-hydrogen) atoms. The molecule has 0 unspecified atom stereocenters. The largest absolute Gasteiger partial charge is 0.370 e. The number of guanidine groups is 2. The van der Waals surface area contributed by atoms with Gasteiger partial charge in [-0.1, -0.05) is 71.9 Å². The van der Waals surface area contributed by atoms with E-state index < -0.39 is 0 Å². The number of hydrogen-bond donors (Lipinski definition) is 2. The molecular weight excluding hydrogens is 494 g/mol. The zero-order chi connectivity index (χ0) is 28.8. The fourth-order valence-corrected chi connectivity index (χ4v) is 7.11. The molecule has 0 saturated carbocycles. The Morgan fingerprint density at radius 1 is 1.00 bits per heavy atom. The average molecular weight is 552 g/mol. The number of nitrogens with zero attached hydrogens (tertiary/aromatic N) is 5. The highest BCUT2D eigenvalue weighted by Gasteiger charge is 2.41. The predicted octanol–water partition coefficient (Wildman–Crippen LogP) is 5.12. The van der Waals surface area contributed by atoms with Crippen LogP contribution in [0, 0.1) is 23.2 Å². The first-order chi connectivity index (χ1) is 19.1. The third kappa shape index (κ3) is 7.71. The van der Waals surface area contributed by atoms with Crippen molar-refractivity contribution in [1.29, 1.82) is 5.41 Å². The van der Waals surface area contributed by atoms with Crippen molar-refractivity contribution in [3.05, 3.63) is 35.9 Å². The molecule has 0 spiro atoms. The van der Waals surface area contributed by atoms with E-state index in [-0.39, 0.29) is 6.04 Å². The van der Waals surface area contributed by atoms with E-state index in [0.29, 0.717) is 35.9 Å². The van der Waals surface area contributed by atoms with Gasteiger partial charge in [0.15, 0.2) is 11.9 Å². The number of nitrogens with two attached hydrogens (primary N) is 1. The molecule has 3 N–H and O–H groups in total. The summed E-state index contributed by atoms with van der Waals surface area (Å²) < 4.78 is 0. The Morgan fingerprint density at radius 3 is 2.42 bits per heavy atom. The molecule has 3 aliphatic heterocycles. The van der Waals surface area contributed by atoms with Crippen molar-refractivity contribution in [2.75, 3.05) is 39.3 Å². The van der Waals surface area contributed by atoms with Gasteiger partial charge in [-0.15, -0.1) is 0 Å². The maximum absolute atomic E-state index is 9.39. The third-order valence-corrected chi connectivity index (χ3v) is 9.33. The number of aliphatic imine (C=N–C) groups is 1. The lowest BCUT2D eigenvalue weighted by molar-refractivity contribution is 0.152. The number of benzene rings is 1. The molecule has 3 aliphatic rings. The number of hydrogen-bond acceptors (Lipinski definition) is 5. The SMILES string of the molecule is CC(C)CCCN1C(=N)N([C@H](Cc2ccccc2)CN2CCC[C@H]2CN2C(N)=NC[C@H]2CC(C)C)C[C@H]1C(C)C. The highest BCUT2D eigenvalue weighted by Crippen LogP contribution is 2.29. The minimum Gasteiger partial charge on any atom is -0.370 e. The van der Waals surface area contributed by atoms with Crippen molar-refractivity contribution in [2.45, 2.75) is 104 Å². The number of likely N-dealkylation sites (tertiary alicyclic amines) is 1. The van der Waals surface area contributed by atoms with Gasteiger partial charge >= 0.3 is 0 Å². The van der Waals surface area contributed by atoms with E-state index in [1.54, 1.807) is 0 Å². The van der Waals surface area contributed by atoms with Gasteiger partial charge in [0.25, 0.3) is 0 Å². The monoisotopic (exact) mass is 551 g/mol. The standard InChI is InChI=1S/C33H57N7/c1-24(2)12-10-17-38-31(26(5)6)23-40(33(38)35)30(19-27-13-8-7-9-14-27)21-37-16-11-15-28(37)22-39-29(18-25(3)4)20-36-32(39)34/h7-9,13-14,24-26,28-31,35H,10-12,15-23H2,1-6H3,(H2,34,36)/t28-,29+,30+,31-/m0/s1. The molecule has 2 fully saturated rings. The maximum atomic E-state index is 9.39. The summed E-state index contributed by atoms with van der Waals surface area (Å²) in [6.07, 6.45) is 6.94. The molecule has 0 aromatic heterocycles. The van der Waals surface area contributed by atoms with E-state index in [1.807, 2.05) is 0 Å². The Balaban J connectivity index is 1.51. The van der Waals surface area contributed by atoms with Gasteiger partial charge in [0.2, 0.25) is 0 Å². The Kier molecular flexibility index (Phi) is 10.8. The summed E-state index contributed by atoms with van der Waals surface area (Å²) >= 11 is 0. The molecular formula is C33H57N7. The molecule has 4 rings (SSSR count). The van der Waals surface area contributed by atoms with Gasteiger partial charge in [-0.3, -0.25) is 15.3 Å². The zero-order valence-corrected chi connectivity index (χ0v) is 26.2. The smallest absolute Gasteiger partial charge is 0.194 e. The van der Waals surface area contributed by atoms with Gasteiger partial charge in [-0.25, -0.2) is 0 Å². The minimum atomic E-state index is 0.280. The maximum Gasteiger partial charge on any atom is 0.194 e. The summed E-state index contributed by atoms with van der Waals surface area (Å²) in [5.41, 5.74) is 7.79. The summed E-state index contributed by atoms with van der Waals surface area (Å²) in [5.74, 6) is 3.35. The second-order valence-corrected chi connectivity index (χ2v) is 13.8. The van der Waals surface area contributed by atoms with Gasteiger partial charge in [0, 0.05) is 38.3 Å². The molecule has 2 saturated heterocycles. The fourth-order valence-electron chi connectivity index (χ4n) is 7.11. The highest BCUT2D eigenvalue weighted by atomic mass is 15.5. The normalized spacial score (nSPS) is 24.8. The lowest BCUT2D eigenvalue weighted by Crippen LogP contribution is -2.52. The molecule has 224 valence electrons. The Morgan fingerprint density at radius 2 is 1.75 bits per heavy atom. The number of rotatable bonds is 14. The third-order valence-electron chi connectivity index (χ3n) is 9.33. The Labute approximate surface area is 244 Å². The van der Waals surface area contributed by atoms with E-state index in [4.69, 9.17) is 5.73 Å². The van der Waals surface area contributed by atoms with E-state index in [9.17, 15) is 5.41 Å². The van der Waals surface area contributed by atoms with Gasteiger partial charge in [-0.05, 0) is 68.4 Å².